The zero-order valence-electron chi connectivity index (χ0n) is 12.5. The largest absolute Gasteiger partial charge is 0.489 e. The van der Waals surface area contributed by atoms with Gasteiger partial charge in [0.15, 0.2) is 5.75 Å². The van der Waals surface area contributed by atoms with Crippen LogP contribution in [0, 0.1) is 5.92 Å². The van der Waals surface area contributed by atoms with Gasteiger partial charge in [-0.3, -0.25) is 4.90 Å². The van der Waals surface area contributed by atoms with Crippen molar-refractivity contribution in [3.63, 3.8) is 0 Å². The number of hydrogen-bond acceptors (Lipinski definition) is 3. The SMILES string of the molecule is CCC1CCN(CCOc2c(Cl)cccc2Cl)C(CN)C1. The molecule has 21 heavy (non-hydrogen) atoms. The fourth-order valence-electron chi connectivity index (χ4n) is 2.98. The lowest BCUT2D eigenvalue weighted by atomic mass is 9.89. The Bertz CT molecular complexity index is 436. The molecule has 0 spiro atoms. The second-order valence-corrected chi connectivity index (χ2v) is 6.44. The van der Waals surface area contributed by atoms with Gasteiger partial charge in [0.25, 0.3) is 0 Å². The molecule has 1 aromatic rings. The van der Waals surface area contributed by atoms with Gasteiger partial charge in [0.05, 0.1) is 10.0 Å². The summed E-state index contributed by atoms with van der Waals surface area (Å²) in [5, 5.41) is 1.12. The number of para-hydroxylation sites is 1. The first-order chi connectivity index (χ1) is 10.2. The van der Waals surface area contributed by atoms with E-state index < -0.39 is 0 Å². The van der Waals surface area contributed by atoms with Crippen molar-refractivity contribution in [2.45, 2.75) is 32.2 Å². The highest BCUT2D eigenvalue weighted by molar-refractivity contribution is 6.37. The van der Waals surface area contributed by atoms with Gasteiger partial charge >= 0.3 is 0 Å². The Kier molecular flexibility index (Phi) is 6.62. The van der Waals surface area contributed by atoms with E-state index in [4.69, 9.17) is 33.7 Å². The average Bonchev–Trinajstić information content (AvgIpc) is 2.50. The number of hydrogen-bond donors (Lipinski definition) is 1. The maximum absolute atomic E-state index is 6.10. The van der Waals surface area contributed by atoms with Crippen LogP contribution in [0.15, 0.2) is 18.2 Å². The van der Waals surface area contributed by atoms with Gasteiger partial charge < -0.3 is 10.5 Å². The molecule has 1 aromatic carbocycles. The molecule has 2 N–H and O–H groups in total. The van der Waals surface area contributed by atoms with E-state index in [9.17, 15) is 0 Å². The Morgan fingerprint density at radius 3 is 2.67 bits per heavy atom. The molecule has 0 aliphatic carbocycles. The number of rotatable bonds is 6. The molecular weight excluding hydrogens is 307 g/mol. The smallest absolute Gasteiger partial charge is 0.156 e. The van der Waals surface area contributed by atoms with Gasteiger partial charge in [0.1, 0.15) is 6.61 Å². The zero-order chi connectivity index (χ0) is 15.2. The lowest BCUT2D eigenvalue weighted by Gasteiger charge is -2.38. The molecule has 0 aromatic heterocycles. The minimum atomic E-state index is 0.467. The van der Waals surface area contributed by atoms with Crippen molar-refractivity contribution in [1.82, 2.24) is 4.90 Å². The van der Waals surface area contributed by atoms with Crippen LogP contribution in [0.4, 0.5) is 0 Å². The first kappa shape index (κ1) is 16.9. The maximum atomic E-state index is 6.10. The van der Waals surface area contributed by atoms with Crippen molar-refractivity contribution in [1.29, 1.82) is 0 Å². The molecule has 3 nitrogen and oxygen atoms in total. The Morgan fingerprint density at radius 1 is 1.33 bits per heavy atom. The molecule has 1 heterocycles. The van der Waals surface area contributed by atoms with Crippen LogP contribution >= 0.6 is 23.2 Å². The van der Waals surface area contributed by atoms with Gasteiger partial charge in [-0.2, -0.15) is 0 Å². The van der Waals surface area contributed by atoms with Gasteiger partial charge in [-0.15, -0.1) is 0 Å². The standard InChI is InChI=1S/C16H24Cl2N2O/c1-2-12-6-7-20(13(10-12)11-19)8-9-21-16-14(17)4-3-5-15(16)18/h3-5,12-13H,2,6-11,19H2,1H3. The van der Waals surface area contributed by atoms with Crippen molar-refractivity contribution < 1.29 is 4.74 Å². The molecule has 2 rings (SSSR count). The third-order valence-corrected chi connectivity index (χ3v) is 4.93. The van der Waals surface area contributed by atoms with Crippen molar-refractivity contribution in [2.24, 2.45) is 11.7 Å². The normalized spacial score (nSPS) is 23.2. The lowest BCUT2D eigenvalue weighted by Crippen LogP contribution is -2.48. The topological polar surface area (TPSA) is 38.5 Å². The van der Waals surface area contributed by atoms with Crippen molar-refractivity contribution in [3.8, 4) is 5.75 Å². The molecule has 1 saturated heterocycles. The van der Waals surface area contributed by atoms with E-state index in [2.05, 4.69) is 11.8 Å². The minimum absolute atomic E-state index is 0.467. The van der Waals surface area contributed by atoms with Gasteiger partial charge in [0, 0.05) is 19.1 Å². The third-order valence-electron chi connectivity index (χ3n) is 4.34. The number of likely N-dealkylation sites (tertiary alicyclic amines) is 1. The Hall–Kier alpha value is -0.480. The van der Waals surface area contributed by atoms with Gasteiger partial charge in [0.2, 0.25) is 0 Å². The Balaban J connectivity index is 1.85. The molecule has 0 radical (unpaired) electrons. The minimum Gasteiger partial charge on any atom is -0.489 e. The van der Waals surface area contributed by atoms with Crippen molar-refractivity contribution in [2.75, 3.05) is 26.2 Å². The van der Waals surface area contributed by atoms with Crippen LogP contribution in [-0.2, 0) is 0 Å². The number of nitrogens with two attached hydrogens (primary N) is 1. The predicted molar refractivity (Wildman–Crippen MR) is 89.4 cm³/mol. The van der Waals surface area contributed by atoms with E-state index in [-0.39, 0.29) is 0 Å². The Labute approximate surface area is 137 Å². The van der Waals surface area contributed by atoms with Gasteiger partial charge in [-0.05, 0) is 37.4 Å². The van der Waals surface area contributed by atoms with Crippen LogP contribution in [0.1, 0.15) is 26.2 Å². The van der Waals surface area contributed by atoms with E-state index in [1.807, 2.05) is 6.07 Å². The van der Waals surface area contributed by atoms with E-state index in [1.54, 1.807) is 12.1 Å². The number of ether oxygens (including phenoxy) is 1. The second kappa shape index (κ2) is 8.23. The number of benzene rings is 1. The molecule has 2 atom stereocenters. The molecule has 118 valence electrons. The summed E-state index contributed by atoms with van der Waals surface area (Å²) in [4.78, 5) is 2.43. The molecular formula is C16H24Cl2N2O. The van der Waals surface area contributed by atoms with Gasteiger partial charge in [-0.1, -0.05) is 42.6 Å². The van der Waals surface area contributed by atoms with Crippen LogP contribution in [0.25, 0.3) is 0 Å². The highest BCUT2D eigenvalue weighted by Crippen LogP contribution is 2.32. The van der Waals surface area contributed by atoms with Crippen molar-refractivity contribution in [3.05, 3.63) is 28.2 Å². The molecule has 0 saturated carbocycles. The van der Waals surface area contributed by atoms with E-state index in [0.29, 0.717) is 35.0 Å². The highest BCUT2D eigenvalue weighted by atomic mass is 35.5. The van der Waals surface area contributed by atoms with E-state index in [0.717, 1.165) is 19.0 Å². The van der Waals surface area contributed by atoms with Crippen LogP contribution in [0.2, 0.25) is 10.0 Å². The highest BCUT2D eigenvalue weighted by Gasteiger charge is 2.26. The molecule has 1 aliphatic rings. The molecule has 5 heteroatoms. The number of piperidine rings is 1. The molecule has 2 unspecified atom stereocenters. The summed E-state index contributed by atoms with van der Waals surface area (Å²) in [6, 6.07) is 5.86. The molecule has 0 bridgehead atoms. The fraction of sp³-hybridized carbons (Fsp3) is 0.625. The summed E-state index contributed by atoms with van der Waals surface area (Å²) < 4.78 is 5.77. The summed E-state index contributed by atoms with van der Waals surface area (Å²) in [6.45, 7) is 5.51. The number of nitrogens with zero attached hydrogens (tertiary/aromatic N) is 1. The predicted octanol–water partition coefficient (Wildman–Crippen LogP) is 3.82. The fourth-order valence-corrected chi connectivity index (χ4v) is 3.49. The lowest BCUT2D eigenvalue weighted by molar-refractivity contribution is 0.0970. The first-order valence-corrected chi connectivity index (χ1v) is 8.42. The molecule has 1 aliphatic heterocycles. The summed E-state index contributed by atoms with van der Waals surface area (Å²) in [7, 11) is 0. The monoisotopic (exact) mass is 330 g/mol. The summed E-state index contributed by atoms with van der Waals surface area (Å²) in [6.07, 6.45) is 3.69. The second-order valence-electron chi connectivity index (χ2n) is 5.62. The van der Waals surface area contributed by atoms with Crippen LogP contribution in [0.5, 0.6) is 5.75 Å². The number of halogens is 2. The summed E-state index contributed by atoms with van der Waals surface area (Å²) in [5.74, 6) is 1.39. The zero-order valence-corrected chi connectivity index (χ0v) is 14.0. The van der Waals surface area contributed by atoms with Crippen LogP contribution in [0.3, 0.4) is 0 Å². The first-order valence-electron chi connectivity index (χ1n) is 7.66. The molecule has 1 fully saturated rings. The summed E-state index contributed by atoms with van der Waals surface area (Å²) in [5.41, 5.74) is 5.92. The van der Waals surface area contributed by atoms with Crippen LogP contribution < -0.4 is 10.5 Å². The Morgan fingerprint density at radius 2 is 2.05 bits per heavy atom. The van der Waals surface area contributed by atoms with E-state index >= 15 is 0 Å². The van der Waals surface area contributed by atoms with Crippen molar-refractivity contribution >= 4 is 23.2 Å². The third kappa shape index (κ3) is 4.49. The average molecular weight is 331 g/mol. The van der Waals surface area contributed by atoms with Gasteiger partial charge in [-0.25, -0.2) is 0 Å². The van der Waals surface area contributed by atoms with E-state index in [1.165, 1.54) is 19.3 Å². The molecule has 0 amide bonds. The maximum Gasteiger partial charge on any atom is 0.156 e. The van der Waals surface area contributed by atoms with Crippen LogP contribution in [-0.4, -0.2) is 37.2 Å². The quantitative estimate of drug-likeness (QED) is 0.861. The summed E-state index contributed by atoms with van der Waals surface area (Å²) >= 11 is 12.2.